The number of halogens is 1. The summed E-state index contributed by atoms with van der Waals surface area (Å²) in [5.41, 5.74) is 6.47. The van der Waals surface area contributed by atoms with Crippen molar-refractivity contribution in [1.29, 1.82) is 0 Å². The van der Waals surface area contributed by atoms with Gasteiger partial charge in [0.2, 0.25) is 5.91 Å². The molecule has 2 aromatic rings. The van der Waals surface area contributed by atoms with Crippen molar-refractivity contribution in [1.82, 2.24) is 10.3 Å². The van der Waals surface area contributed by atoms with Gasteiger partial charge in [-0.05, 0) is 36.6 Å². The second-order valence-corrected chi connectivity index (χ2v) is 7.66. The van der Waals surface area contributed by atoms with E-state index in [0.717, 1.165) is 22.9 Å². The molecule has 0 aliphatic rings. The summed E-state index contributed by atoms with van der Waals surface area (Å²) in [7, 11) is 0. The Morgan fingerprint density at radius 1 is 1.36 bits per heavy atom. The molecule has 0 spiro atoms. The molecule has 3 N–H and O–H groups in total. The molecule has 1 atom stereocenters. The van der Waals surface area contributed by atoms with Crippen LogP contribution in [-0.4, -0.2) is 23.5 Å². The van der Waals surface area contributed by atoms with E-state index in [1.54, 1.807) is 12.1 Å². The van der Waals surface area contributed by atoms with Gasteiger partial charge < -0.3 is 15.8 Å². The normalized spacial score (nSPS) is 12.2. The van der Waals surface area contributed by atoms with E-state index < -0.39 is 0 Å². The van der Waals surface area contributed by atoms with E-state index >= 15 is 0 Å². The molecule has 2 rings (SSSR count). The highest BCUT2D eigenvalue weighted by Crippen LogP contribution is 2.18. The predicted molar refractivity (Wildman–Crippen MR) is 102 cm³/mol. The van der Waals surface area contributed by atoms with E-state index in [-0.39, 0.29) is 18.4 Å². The van der Waals surface area contributed by atoms with Crippen molar-refractivity contribution in [2.75, 3.05) is 6.54 Å². The molecule has 7 heteroatoms. The first-order valence-corrected chi connectivity index (χ1v) is 9.53. The minimum Gasteiger partial charge on any atom is -0.486 e. The Morgan fingerprint density at radius 2 is 2.08 bits per heavy atom. The maximum absolute atomic E-state index is 12.1. The van der Waals surface area contributed by atoms with Crippen LogP contribution in [0.15, 0.2) is 29.6 Å². The summed E-state index contributed by atoms with van der Waals surface area (Å²) in [6, 6.07) is 7.19. The van der Waals surface area contributed by atoms with Gasteiger partial charge in [-0.25, -0.2) is 4.98 Å². The zero-order valence-electron chi connectivity index (χ0n) is 14.5. The number of thiazole rings is 1. The highest BCUT2D eigenvalue weighted by atomic mass is 35.5. The molecule has 1 amide bonds. The van der Waals surface area contributed by atoms with Crippen LogP contribution in [0.25, 0.3) is 0 Å². The van der Waals surface area contributed by atoms with Crippen LogP contribution in [0.5, 0.6) is 5.75 Å². The maximum atomic E-state index is 12.1. The molecule has 1 heterocycles. The minimum absolute atomic E-state index is 0.0128. The Hall–Kier alpha value is -1.63. The Bertz CT molecular complexity index is 673. The van der Waals surface area contributed by atoms with Crippen LogP contribution in [0.3, 0.4) is 0 Å². The van der Waals surface area contributed by atoms with E-state index in [4.69, 9.17) is 22.1 Å². The van der Waals surface area contributed by atoms with E-state index in [1.807, 2.05) is 17.5 Å². The maximum Gasteiger partial charge on any atom is 0.226 e. The first-order chi connectivity index (χ1) is 12.0. The van der Waals surface area contributed by atoms with E-state index in [9.17, 15) is 4.79 Å². The van der Waals surface area contributed by atoms with Crippen molar-refractivity contribution in [3.63, 3.8) is 0 Å². The fourth-order valence-electron chi connectivity index (χ4n) is 2.40. The molecule has 25 heavy (non-hydrogen) atoms. The summed E-state index contributed by atoms with van der Waals surface area (Å²) in [5, 5.41) is 6.36. The topological polar surface area (TPSA) is 77.2 Å². The minimum atomic E-state index is -0.0495. The molecule has 1 aromatic heterocycles. The Kier molecular flexibility index (Phi) is 7.68. The van der Waals surface area contributed by atoms with Gasteiger partial charge in [-0.3, -0.25) is 4.79 Å². The van der Waals surface area contributed by atoms with Gasteiger partial charge in [-0.15, -0.1) is 11.3 Å². The van der Waals surface area contributed by atoms with Crippen LogP contribution in [0, 0.1) is 5.92 Å². The number of hydrogen-bond acceptors (Lipinski definition) is 5. The molecule has 0 bridgehead atoms. The smallest absolute Gasteiger partial charge is 0.226 e. The molecular formula is C18H24ClN3O2S. The van der Waals surface area contributed by atoms with Gasteiger partial charge >= 0.3 is 0 Å². The summed E-state index contributed by atoms with van der Waals surface area (Å²) in [4.78, 5) is 16.6. The fourth-order valence-corrected chi connectivity index (χ4v) is 3.23. The molecule has 0 saturated heterocycles. The SMILES string of the molecule is CC(C)CC(CN)NC(=O)Cc1csc(COc2ccc(Cl)cc2)n1. The first-order valence-electron chi connectivity index (χ1n) is 8.27. The van der Waals surface area contributed by atoms with Crippen molar-refractivity contribution >= 4 is 28.8 Å². The lowest BCUT2D eigenvalue weighted by Crippen LogP contribution is -2.41. The molecule has 5 nitrogen and oxygen atoms in total. The average molecular weight is 382 g/mol. The molecule has 0 saturated carbocycles. The second-order valence-electron chi connectivity index (χ2n) is 6.28. The van der Waals surface area contributed by atoms with Crippen molar-refractivity contribution in [3.8, 4) is 5.75 Å². The standard InChI is InChI=1S/C18H24ClN3O2S/c1-12(2)7-14(9-20)21-17(23)8-15-11-25-18(22-15)10-24-16-5-3-13(19)4-6-16/h3-6,11-12,14H,7-10,20H2,1-2H3,(H,21,23). The summed E-state index contributed by atoms with van der Waals surface area (Å²) < 4.78 is 5.66. The van der Waals surface area contributed by atoms with Gasteiger partial charge in [-0.2, -0.15) is 0 Å². The second kappa shape index (κ2) is 9.75. The van der Waals surface area contributed by atoms with Crippen molar-refractivity contribution in [2.45, 2.75) is 39.3 Å². The van der Waals surface area contributed by atoms with E-state index in [0.29, 0.717) is 24.1 Å². The van der Waals surface area contributed by atoms with Crippen LogP contribution in [-0.2, 0) is 17.8 Å². The molecule has 0 fully saturated rings. The van der Waals surface area contributed by atoms with Crippen LogP contribution < -0.4 is 15.8 Å². The number of nitrogens with zero attached hydrogens (tertiary/aromatic N) is 1. The number of benzene rings is 1. The summed E-state index contributed by atoms with van der Waals surface area (Å²) in [6.07, 6.45) is 1.13. The Balaban J connectivity index is 1.81. The van der Waals surface area contributed by atoms with Gasteiger partial charge in [0.1, 0.15) is 17.4 Å². The number of nitrogens with two attached hydrogens (primary N) is 1. The van der Waals surface area contributed by atoms with Gasteiger partial charge in [-0.1, -0.05) is 25.4 Å². The first kappa shape index (κ1) is 19.7. The number of carbonyl (C=O) groups excluding carboxylic acids is 1. The van der Waals surface area contributed by atoms with E-state index in [2.05, 4.69) is 24.1 Å². The summed E-state index contributed by atoms with van der Waals surface area (Å²) >= 11 is 7.33. The number of ether oxygens (including phenoxy) is 1. The number of hydrogen-bond donors (Lipinski definition) is 2. The molecular weight excluding hydrogens is 358 g/mol. The number of amides is 1. The number of aromatic nitrogens is 1. The lowest BCUT2D eigenvalue weighted by Gasteiger charge is -2.18. The monoisotopic (exact) mass is 381 g/mol. The van der Waals surface area contributed by atoms with Crippen molar-refractivity contribution < 1.29 is 9.53 Å². The molecule has 0 aliphatic heterocycles. The van der Waals surface area contributed by atoms with Crippen LogP contribution in [0.1, 0.15) is 31.0 Å². The number of carbonyl (C=O) groups is 1. The third-order valence-electron chi connectivity index (χ3n) is 3.52. The third-order valence-corrected chi connectivity index (χ3v) is 4.65. The third kappa shape index (κ3) is 7.02. The van der Waals surface area contributed by atoms with Crippen LogP contribution in [0.2, 0.25) is 5.02 Å². The van der Waals surface area contributed by atoms with Gasteiger partial charge in [0.25, 0.3) is 0 Å². The number of nitrogens with one attached hydrogen (secondary N) is 1. The molecule has 0 radical (unpaired) electrons. The zero-order chi connectivity index (χ0) is 18.2. The van der Waals surface area contributed by atoms with Crippen LogP contribution in [0.4, 0.5) is 0 Å². The molecule has 1 unspecified atom stereocenters. The van der Waals surface area contributed by atoms with Crippen molar-refractivity contribution in [3.05, 3.63) is 45.4 Å². The summed E-state index contributed by atoms with van der Waals surface area (Å²) in [6.45, 7) is 5.04. The lowest BCUT2D eigenvalue weighted by atomic mass is 10.0. The Morgan fingerprint density at radius 3 is 2.72 bits per heavy atom. The lowest BCUT2D eigenvalue weighted by molar-refractivity contribution is -0.121. The highest BCUT2D eigenvalue weighted by molar-refractivity contribution is 7.09. The summed E-state index contributed by atoms with van der Waals surface area (Å²) in [5.74, 6) is 1.18. The molecule has 1 aromatic carbocycles. The highest BCUT2D eigenvalue weighted by Gasteiger charge is 2.14. The largest absolute Gasteiger partial charge is 0.486 e. The van der Waals surface area contributed by atoms with Gasteiger partial charge in [0.05, 0.1) is 12.1 Å². The van der Waals surface area contributed by atoms with Crippen LogP contribution >= 0.6 is 22.9 Å². The van der Waals surface area contributed by atoms with Gasteiger partial charge in [0.15, 0.2) is 0 Å². The fraction of sp³-hybridized carbons (Fsp3) is 0.444. The zero-order valence-corrected chi connectivity index (χ0v) is 16.1. The Labute approximate surface area is 157 Å². The molecule has 136 valence electrons. The quantitative estimate of drug-likeness (QED) is 0.697. The predicted octanol–water partition coefficient (Wildman–Crippen LogP) is 3.41. The number of rotatable bonds is 9. The average Bonchev–Trinajstić information content (AvgIpc) is 3.00. The van der Waals surface area contributed by atoms with Gasteiger partial charge in [0, 0.05) is 23.0 Å². The van der Waals surface area contributed by atoms with Crippen molar-refractivity contribution in [2.24, 2.45) is 11.7 Å². The molecule has 0 aliphatic carbocycles. The van der Waals surface area contributed by atoms with E-state index in [1.165, 1.54) is 11.3 Å².